The van der Waals surface area contributed by atoms with E-state index >= 15 is 0 Å². The van der Waals surface area contributed by atoms with Gasteiger partial charge >= 0.3 is 0 Å². The van der Waals surface area contributed by atoms with E-state index in [-0.39, 0.29) is 6.61 Å². The molecule has 0 aliphatic heterocycles. The minimum absolute atomic E-state index is 0.219. The van der Waals surface area contributed by atoms with Gasteiger partial charge in [0.1, 0.15) is 5.03 Å². The van der Waals surface area contributed by atoms with Crippen LogP contribution in [0.1, 0.15) is 13.3 Å². The normalized spacial score (nSPS) is 13.2. The van der Waals surface area contributed by atoms with Gasteiger partial charge in [0.25, 0.3) is 0 Å². The summed E-state index contributed by atoms with van der Waals surface area (Å²) in [5, 5.41) is 14.3. The number of hydrogen-bond donors (Lipinski definition) is 1. The van der Waals surface area contributed by atoms with Crippen molar-refractivity contribution in [3.05, 3.63) is 24.7 Å². The maximum atomic E-state index is 8.84. The van der Waals surface area contributed by atoms with Crippen molar-refractivity contribution in [1.82, 2.24) is 14.6 Å². The summed E-state index contributed by atoms with van der Waals surface area (Å²) in [6.07, 6.45) is 6.11. The molecule has 0 saturated heterocycles. The van der Waals surface area contributed by atoms with Gasteiger partial charge in [-0.05, 0) is 12.5 Å². The Morgan fingerprint density at radius 1 is 1.53 bits per heavy atom. The van der Waals surface area contributed by atoms with Gasteiger partial charge in [0.05, 0.1) is 11.7 Å². The highest BCUT2D eigenvalue weighted by molar-refractivity contribution is 8.00. The summed E-state index contributed by atoms with van der Waals surface area (Å²) in [5.74, 6) is 0. The molecule has 2 aromatic heterocycles. The molecule has 0 radical (unpaired) electrons. The van der Waals surface area contributed by atoms with Gasteiger partial charge in [0.2, 0.25) is 0 Å². The third-order valence-electron chi connectivity index (χ3n) is 2.14. The van der Waals surface area contributed by atoms with Crippen LogP contribution in [0.2, 0.25) is 0 Å². The van der Waals surface area contributed by atoms with E-state index in [1.807, 2.05) is 12.3 Å². The number of aliphatic hydroxyl groups excluding tert-OH is 1. The molecule has 2 rings (SSSR count). The fourth-order valence-electron chi connectivity index (χ4n) is 1.35. The number of fused-ring (bicyclic) bond motifs is 1. The molecule has 0 aliphatic carbocycles. The molecule has 2 heterocycles. The molecule has 80 valence electrons. The Balaban J connectivity index is 2.23. The van der Waals surface area contributed by atoms with Crippen LogP contribution < -0.4 is 0 Å². The lowest BCUT2D eigenvalue weighted by molar-refractivity contribution is 0.289. The van der Waals surface area contributed by atoms with Crippen LogP contribution in [0.3, 0.4) is 0 Å². The first-order chi connectivity index (χ1) is 7.31. The van der Waals surface area contributed by atoms with Crippen LogP contribution >= 0.6 is 11.8 Å². The van der Waals surface area contributed by atoms with Crippen LogP contribution in [0.25, 0.3) is 5.52 Å². The van der Waals surface area contributed by atoms with Gasteiger partial charge < -0.3 is 5.11 Å². The van der Waals surface area contributed by atoms with Gasteiger partial charge in [-0.2, -0.15) is 5.10 Å². The molecule has 0 aromatic carbocycles. The molecular formula is C10H13N3OS. The fraction of sp³-hybridized carbons (Fsp3) is 0.400. The zero-order valence-electron chi connectivity index (χ0n) is 8.50. The van der Waals surface area contributed by atoms with Crippen molar-refractivity contribution in [2.75, 3.05) is 6.61 Å². The van der Waals surface area contributed by atoms with E-state index in [9.17, 15) is 0 Å². The summed E-state index contributed by atoms with van der Waals surface area (Å²) in [5.41, 5.74) is 1.02. The molecule has 2 aromatic rings. The monoisotopic (exact) mass is 223 g/mol. The lowest BCUT2D eigenvalue weighted by Gasteiger charge is -2.08. The Labute approximate surface area is 92.3 Å². The molecule has 0 aliphatic rings. The predicted octanol–water partition coefficient (Wildman–Crippen LogP) is 1.59. The third kappa shape index (κ3) is 2.30. The van der Waals surface area contributed by atoms with Crippen molar-refractivity contribution in [2.24, 2.45) is 0 Å². The molecule has 1 N–H and O–H groups in total. The Morgan fingerprint density at radius 3 is 3.20 bits per heavy atom. The summed E-state index contributed by atoms with van der Waals surface area (Å²) in [7, 11) is 0. The zero-order valence-corrected chi connectivity index (χ0v) is 9.31. The average molecular weight is 223 g/mol. The van der Waals surface area contributed by atoms with Gasteiger partial charge in [-0.25, -0.2) is 9.50 Å². The van der Waals surface area contributed by atoms with Crippen LogP contribution in [0.15, 0.2) is 29.7 Å². The van der Waals surface area contributed by atoms with Crippen LogP contribution in [0.5, 0.6) is 0 Å². The minimum Gasteiger partial charge on any atom is -0.396 e. The van der Waals surface area contributed by atoms with E-state index < -0.39 is 0 Å². The second-order valence-electron chi connectivity index (χ2n) is 3.33. The maximum absolute atomic E-state index is 8.84. The van der Waals surface area contributed by atoms with Crippen LogP contribution in [0.4, 0.5) is 0 Å². The predicted molar refractivity (Wildman–Crippen MR) is 60.0 cm³/mol. The first-order valence-electron chi connectivity index (χ1n) is 4.87. The molecule has 1 unspecified atom stereocenters. The standard InChI is InChI=1S/C10H13N3OS/c1-8(3-7-14)15-10-9-2-4-12-13(9)6-5-11-10/h2,4-6,8,14H,3,7H2,1H3. The molecule has 5 heteroatoms. The Bertz CT molecular complexity index is 443. The molecule has 0 fully saturated rings. The first kappa shape index (κ1) is 10.4. The highest BCUT2D eigenvalue weighted by Gasteiger charge is 2.08. The zero-order chi connectivity index (χ0) is 10.7. The Kier molecular flexibility index (Phi) is 3.23. The van der Waals surface area contributed by atoms with E-state index in [4.69, 9.17) is 5.11 Å². The van der Waals surface area contributed by atoms with E-state index in [2.05, 4.69) is 17.0 Å². The maximum Gasteiger partial charge on any atom is 0.122 e. The lowest BCUT2D eigenvalue weighted by atomic mass is 10.3. The topological polar surface area (TPSA) is 50.4 Å². The van der Waals surface area contributed by atoms with Crippen molar-refractivity contribution < 1.29 is 5.11 Å². The summed E-state index contributed by atoms with van der Waals surface area (Å²) in [6.45, 7) is 2.30. The molecule has 0 bridgehead atoms. The minimum atomic E-state index is 0.219. The van der Waals surface area contributed by atoms with Gasteiger partial charge in [-0.15, -0.1) is 11.8 Å². The summed E-state index contributed by atoms with van der Waals surface area (Å²) >= 11 is 1.67. The van der Waals surface area contributed by atoms with Crippen molar-refractivity contribution in [3.8, 4) is 0 Å². The van der Waals surface area contributed by atoms with Gasteiger partial charge in [-0.1, -0.05) is 6.92 Å². The van der Waals surface area contributed by atoms with E-state index in [0.29, 0.717) is 5.25 Å². The highest BCUT2D eigenvalue weighted by atomic mass is 32.2. The third-order valence-corrected chi connectivity index (χ3v) is 3.31. The largest absolute Gasteiger partial charge is 0.396 e. The van der Waals surface area contributed by atoms with Gasteiger partial charge in [-0.3, -0.25) is 0 Å². The lowest BCUT2D eigenvalue weighted by Crippen LogP contribution is -2.01. The Morgan fingerprint density at radius 2 is 2.40 bits per heavy atom. The summed E-state index contributed by atoms with van der Waals surface area (Å²) < 4.78 is 1.81. The second-order valence-corrected chi connectivity index (χ2v) is 4.76. The smallest absolute Gasteiger partial charge is 0.122 e. The van der Waals surface area contributed by atoms with Crippen molar-refractivity contribution >= 4 is 17.3 Å². The SMILES string of the molecule is CC(CCO)Sc1nccn2nccc12. The van der Waals surface area contributed by atoms with Gasteiger partial charge in [0, 0.05) is 24.3 Å². The van der Waals surface area contributed by atoms with Crippen LogP contribution in [0, 0.1) is 0 Å². The number of thioether (sulfide) groups is 1. The molecule has 4 nitrogen and oxygen atoms in total. The summed E-state index contributed by atoms with van der Waals surface area (Å²) in [4.78, 5) is 4.32. The summed E-state index contributed by atoms with van der Waals surface area (Å²) in [6, 6.07) is 1.95. The fourth-order valence-corrected chi connectivity index (χ4v) is 2.36. The number of rotatable bonds is 4. The van der Waals surface area contributed by atoms with Gasteiger partial charge in [0.15, 0.2) is 0 Å². The van der Waals surface area contributed by atoms with Crippen molar-refractivity contribution in [1.29, 1.82) is 0 Å². The van der Waals surface area contributed by atoms with Crippen molar-refractivity contribution in [3.63, 3.8) is 0 Å². The van der Waals surface area contributed by atoms with Crippen molar-refractivity contribution in [2.45, 2.75) is 23.6 Å². The number of hydrogen-bond acceptors (Lipinski definition) is 4. The second kappa shape index (κ2) is 4.63. The van der Waals surface area contributed by atoms with E-state index in [1.54, 1.807) is 28.7 Å². The average Bonchev–Trinajstić information content (AvgIpc) is 2.67. The first-order valence-corrected chi connectivity index (χ1v) is 5.75. The number of nitrogens with zero attached hydrogens (tertiary/aromatic N) is 3. The Hall–Kier alpha value is -1.07. The molecule has 0 spiro atoms. The van der Waals surface area contributed by atoms with E-state index in [0.717, 1.165) is 17.0 Å². The quantitative estimate of drug-likeness (QED) is 0.800. The number of aliphatic hydroxyl groups is 1. The van der Waals surface area contributed by atoms with Crippen LogP contribution in [-0.4, -0.2) is 31.6 Å². The molecule has 0 saturated carbocycles. The number of aromatic nitrogens is 3. The molecule has 0 amide bonds. The van der Waals surface area contributed by atoms with Crippen LogP contribution in [-0.2, 0) is 0 Å². The van der Waals surface area contributed by atoms with E-state index in [1.165, 1.54) is 0 Å². The highest BCUT2D eigenvalue weighted by Crippen LogP contribution is 2.26. The molecular weight excluding hydrogens is 210 g/mol. The molecule has 1 atom stereocenters. The molecule has 15 heavy (non-hydrogen) atoms.